The molecule has 0 saturated carbocycles. The van der Waals surface area contributed by atoms with Crippen molar-refractivity contribution in [3.63, 3.8) is 0 Å². The van der Waals surface area contributed by atoms with Crippen LogP contribution in [0.3, 0.4) is 0 Å². The van der Waals surface area contributed by atoms with E-state index in [0.717, 1.165) is 16.3 Å². The second kappa shape index (κ2) is 4.94. The predicted molar refractivity (Wildman–Crippen MR) is 70.3 cm³/mol. The largest absolute Gasteiger partial charge is 0.480 e. The molecule has 1 aliphatic rings. The zero-order chi connectivity index (χ0) is 14.2. The van der Waals surface area contributed by atoms with Crippen LogP contribution in [0.4, 0.5) is 0 Å². The van der Waals surface area contributed by atoms with Crippen LogP contribution >= 0.6 is 0 Å². The van der Waals surface area contributed by atoms with Crippen LogP contribution in [0.2, 0.25) is 0 Å². The molecule has 104 valence electrons. The molecule has 0 bridgehead atoms. The van der Waals surface area contributed by atoms with Gasteiger partial charge in [0, 0.05) is 0 Å². The van der Waals surface area contributed by atoms with Gasteiger partial charge in [-0.3, -0.25) is 4.79 Å². The minimum absolute atomic E-state index is 0.156. The summed E-state index contributed by atoms with van der Waals surface area (Å²) in [5.74, 6) is -1.07. The average molecular weight is 283 g/mol. The van der Waals surface area contributed by atoms with Gasteiger partial charge in [0.25, 0.3) is 0 Å². The maximum atomic E-state index is 12.4. The summed E-state index contributed by atoms with van der Waals surface area (Å²) >= 11 is 0. The summed E-state index contributed by atoms with van der Waals surface area (Å²) < 4.78 is 25.8. The maximum absolute atomic E-state index is 12.4. The van der Waals surface area contributed by atoms with Crippen LogP contribution in [0.15, 0.2) is 29.2 Å². The van der Waals surface area contributed by atoms with Crippen molar-refractivity contribution in [2.24, 2.45) is 0 Å². The molecule has 0 aliphatic carbocycles. The number of hydrogen-bond acceptors (Lipinski definition) is 3. The molecular formula is C13H17NO4S. The number of carbonyl (C=O) groups is 1. The summed E-state index contributed by atoms with van der Waals surface area (Å²) in [6, 6.07) is 5.14. The molecule has 1 fully saturated rings. The van der Waals surface area contributed by atoms with E-state index in [0.29, 0.717) is 6.42 Å². The van der Waals surface area contributed by atoms with Crippen LogP contribution in [0.5, 0.6) is 0 Å². The van der Waals surface area contributed by atoms with Gasteiger partial charge < -0.3 is 5.11 Å². The zero-order valence-electron chi connectivity index (χ0n) is 10.9. The van der Waals surface area contributed by atoms with E-state index in [1.807, 2.05) is 13.8 Å². The maximum Gasteiger partial charge on any atom is 0.323 e. The summed E-state index contributed by atoms with van der Waals surface area (Å²) in [6.45, 7) is 3.78. The average Bonchev–Trinajstić information content (AvgIpc) is 3.05. The van der Waals surface area contributed by atoms with E-state index >= 15 is 0 Å². The van der Waals surface area contributed by atoms with Crippen LogP contribution in [0.1, 0.15) is 25.3 Å². The first-order valence-corrected chi connectivity index (χ1v) is 7.66. The number of carboxylic acids is 1. The van der Waals surface area contributed by atoms with E-state index in [4.69, 9.17) is 5.11 Å². The highest BCUT2D eigenvalue weighted by atomic mass is 32.2. The fraction of sp³-hybridized carbons (Fsp3) is 0.462. The van der Waals surface area contributed by atoms with E-state index in [9.17, 15) is 13.2 Å². The van der Waals surface area contributed by atoms with Crippen molar-refractivity contribution < 1.29 is 18.3 Å². The van der Waals surface area contributed by atoms with E-state index in [1.54, 1.807) is 12.1 Å². The molecule has 19 heavy (non-hydrogen) atoms. The van der Waals surface area contributed by atoms with E-state index < -0.39 is 28.1 Å². The number of benzene rings is 1. The lowest BCUT2D eigenvalue weighted by Crippen LogP contribution is -2.19. The molecule has 1 N–H and O–H groups in total. The minimum Gasteiger partial charge on any atom is -0.480 e. The second-order valence-corrected chi connectivity index (χ2v) is 6.63. The van der Waals surface area contributed by atoms with Crippen molar-refractivity contribution in [2.45, 2.75) is 43.7 Å². The Labute approximate surface area is 112 Å². The molecule has 1 aromatic rings. The van der Waals surface area contributed by atoms with Gasteiger partial charge in [-0.15, -0.1) is 0 Å². The SMILES string of the molecule is CCCC1[C@@H](C(=O)O)N1S(=O)(=O)c1ccc(C)cc1. The molecule has 1 aromatic carbocycles. The normalized spacial score (nSPS) is 26.1. The van der Waals surface area contributed by atoms with Crippen LogP contribution in [0.25, 0.3) is 0 Å². The quantitative estimate of drug-likeness (QED) is 0.833. The summed E-state index contributed by atoms with van der Waals surface area (Å²) in [7, 11) is -3.70. The molecular weight excluding hydrogens is 266 g/mol. The van der Waals surface area contributed by atoms with Crippen LogP contribution in [0, 0.1) is 6.92 Å². The zero-order valence-corrected chi connectivity index (χ0v) is 11.7. The lowest BCUT2D eigenvalue weighted by atomic mass is 10.2. The molecule has 1 aliphatic heterocycles. The molecule has 0 spiro atoms. The predicted octanol–water partition coefficient (Wildman–Crippen LogP) is 1.62. The van der Waals surface area contributed by atoms with Crippen molar-refractivity contribution >= 4 is 16.0 Å². The Hall–Kier alpha value is -1.40. The molecule has 0 aromatic heterocycles. The Kier molecular flexibility index (Phi) is 3.64. The highest BCUT2D eigenvalue weighted by molar-refractivity contribution is 7.89. The van der Waals surface area contributed by atoms with E-state index in [-0.39, 0.29) is 4.90 Å². The topological polar surface area (TPSA) is 74.4 Å². The number of carboxylic acid groups (broad SMARTS) is 1. The van der Waals surface area contributed by atoms with Gasteiger partial charge in [-0.25, -0.2) is 8.42 Å². The van der Waals surface area contributed by atoms with Gasteiger partial charge >= 0.3 is 5.97 Å². The van der Waals surface area contributed by atoms with Crippen molar-refractivity contribution in [3.8, 4) is 0 Å². The number of nitrogens with zero attached hydrogens (tertiary/aromatic N) is 1. The number of aliphatic carboxylic acids is 1. The van der Waals surface area contributed by atoms with Crippen molar-refractivity contribution in [1.29, 1.82) is 0 Å². The third-order valence-corrected chi connectivity index (χ3v) is 5.23. The lowest BCUT2D eigenvalue weighted by molar-refractivity contribution is -0.137. The highest BCUT2D eigenvalue weighted by Gasteiger charge is 2.59. The summed E-state index contributed by atoms with van der Waals surface area (Å²) in [5, 5.41) is 9.07. The highest BCUT2D eigenvalue weighted by Crippen LogP contribution is 2.38. The molecule has 3 atom stereocenters. The summed E-state index contributed by atoms with van der Waals surface area (Å²) in [6.07, 6.45) is 1.33. The third kappa shape index (κ3) is 2.50. The Balaban J connectivity index is 2.30. The van der Waals surface area contributed by atoms with Gasteiger partial charge in [0.05, 0.1) is 10.9 Å². The number of aryl methyl sites for hydroxylation is 1. The van der Waals surface area contributed by atoms with Gasteiger partial charge in [-0.1, -0.05) is 31.0 Å². The number of sulfonamides is 1. The molecule has 5 nitrogen and oxygen atoms in total. The monoisotopic (exact) mass is 283 g/mol. The van der Waals surface area contributed by atoms with Crippen molar-refractivity contribution in [1.82, 2.24) is 4.31 Å². The number of rotatable bonds is 5. The molecule has 1 saturated heterocycles. The van der Waals surface area contributed by atoms with Gasteiger partial charge in [0.1, 0.15) is 6.04 Å². The fourth-order valence-corrected chi connectivity index (χ4v) is 4.05. The molecule has 0 radical (unpaired) electrons. The Morgan fingerprint density at radius 3 is 2.37 bits per heavy atom. The molecule has 0 amide bonds. The second-order valence-electron chi connectivity index (χ2n) is 4.79. The van der Waals surface area contributed by atoms with E-state index in [2.05, 4.69) is 0 Å². The lowest BCUT2D eigenvalue weighted by Gasteiger charge is -2.06. The minimum atomic E-state index is -3.70. The first-order chi connectivity index (χ1) is 8.89. The van der Waals surface area contributed by atoms with Gasteiger partial charge in [-0.2, -0.15) is 4.31 Å². The summed E-state index contributed by atoms with van der Waals surface area (Å²) in [5.41, 5.74) is 0.963. The van der Waals surface area contributed by atoms with Gasteiger partial charge in [0.2, 0.25) is 10.0 Å². The Morgan fingerprint density at radius 1 is 1.32 bits per heavy atom. The van der Waals surface area contributed by atoms with Crippen LogP contribution in [-0.2, 0) is 14.8 Å². The summed E-state index contributed by atoms with van der Waals surface area (Å²) in [4.78, 5) is 11.2. The van der Waals surface area contributed by atoms with Crippen molar-refractivity contribution in [2.75, 3.05) is 0 Å². The molecule has 1 heterocycles. The standard InChI is InChI=1S/C13H17NO4S/c1-3-4-11-12(13(15)16)14(11)19(17,18)10-7-5-9(2)6-8-10/h5-8,11-12H,3-4H2,1-2H3,(H,15,16)/t11?,12-,14?/m0/s1. The van der Waals surface area contributed by atoms with Gasteiger partial charge in [0.15, 0.2) is 0 Å². The van der Waals surface area contributed by atoms with Gasteiger partial charge in [-0.05, 0) is 25.5 Å². The fourth-order valence-electron chi connectivity index (χ4n) is 2.27. The first kappa shape index (κ1) is 14.0. The Morgan fingerprint density at radius 2 is 1.89 bits per heavy atom. The molecule has 2 rings (SSSR count). The third-order valence-electron chi connectivity index (χ3n) is 3.31. The Bertz CT molecular complexity index is 579. The smallest absolute Gasteiger partial charge is 0.323 e. The number of hydrogen-bond donors (Lipinski definition) is 1. The molecule has 2 unspecified atom stereocenters. The van der Waals surface area contributed by atoms with Crippen LogP contribution in [-0.4, -0.2) is 35.9 Å². The first-order valence-electron chi connectivity index (χ1n) is 6.22. The van der Waals surface area contributed by atoms with Crippen molar-refractivity contribution in [3.05, 3.63) is 29.8 Å². The molecule has 6 heteroatoms. The van der Waals surface area contributed by atoms with E-state index in [1.165, 1.54) is 12.1 Å². The van der Waals surface area contributed by atoms with Crippen LogP contribution < -0.4 is 0 Å².